The van der Waals surface area contributed by atoms with Gasteiger partial charge in [-0.2, -0.15) is 0 Å². The largest absolute Gasteiger partial charge is 0.390 e. The number of ketones is 1. The molecular weight excluding hydrogens is 352 g/mol. The van der Waals surface area contributed by atoms with Gasteiger partial charge in [-0.3, -0.25) is 4.79 Å². The zero-order valence-electron chi connectivity index (χ0n) is 15.9. The van der Waals surface area contributed by atoms with Crippen LogP contribution in [0.4, 0.5) is 8.78 Å². The summed E-state index contributed by atoms with van der Waals surface area (Å²) in [5, 5.41) is 10.5. The van der Waals surface area contributed by atoms with E-state index in [2.05, 4.69) is 0 Å². The smallest absolute Gasteiger partial charge is 0.250 e. The summed E-state index contributed by atoms with van der Waals surface area (Å²) in [6, 6.07) is 5.74. The van der Waals surface area contributed by atoms with Crippen molar-refractivity contribution in [1.29, 1.82) is 0 Å². The number of fused-ring (bicyclic) bond motifs is 1. The normalized spacial score (nSPS) is 22.3. The Kier molecular flexibility index (Phi) is 5.68. The molecule has 1 saturated carbocycles. The Bertz CT molecular complexity index is 830. The van der Waals surface area contributed by atoms with Gasteiger partial charge in [0.1, 0.15) is 0 Å². The number of nitrogens with zero attached hydrogens (tertiary/aromatic N) is 1. The molecule has 1 aliphatic carbocycles. The number of ether oxygens (including phenoxy) is 1. The standard InChI is InChI=1S/C21H27F2NO3/c1-15-5-3-11-24-16(7-12-27-2)13-17(19(15)24)18(25)6-10-20(26)8-4-9-21(22,23)14-20/h3,5,11,13,26H,4,6-10,12,14H2,1-2H3. The quantitative estimate of drug-likeness (QED) is 0.728. The highest BCUT2D eigenvalue weighted by molar-refractivity contribution is 6.03. The predicted octanol–water partition coefficient (Wildman–Crippen LogP) is 4.34. The second-order valence-corrected chi connectivity index (χ2v) is 7.74. The number of methoxy groups -OCH3 is 1. The molecule has 0 bridgehead atoms. The maximum absolute atomic E-state index is 13.7. The summed E-state index contributed by atoms with van der Waals surface area (Å²) in [4.78, 5) is 12.9. The van der Waals surface area contributed by atoms with Crippen LogP contribution in [-0.2, 0) is 11.2 Å². The van der Waals surface area contributed by atoms with Crippen molar-refractivity contribution >= 4 is 11.3 Å². The SMILES string of the molecule is COCCc1cc(C(=O)CCC2(O)CCCC(F)(F)C2)c2c(C)cccn12. The average molecular weight is 379 g/mol. The molecule has 148 valence electrons. The van der Waals surface area contributed by atoms with Crippen LogP contribution in [0.5, 0.6) is 0 Å². The molecule has 6 heteroatoms. The van der Waals surface area contributed by atoms with Crippen LogP contribution < -0.4 is 0 Å². The molecule has 1 N–H and O–H groups in total. The summed E-state index contributed by atoms with van der Waals surface area (Å²) in [5.41, 5.74) is 1.93. The van der Waals surface area contributed by atoms with Crippen molar-refractivity contribution in [2.24, 2.45) is 0 Å². The number of hydrogen-bond acceptors (Lipinski definition) is 3. The van der Waals surface area contributed by atoms with E-state index in [9.17, 15) is 18.7 Å². The topological polar surface area (TPSA) is 50.9 Å². The number of pyridine rings is 1. The first-order valence-electron chi connectivity index (χ1n) is 9.47. The van der Waals surface area contributed by atoms with Gasteiger partial charge in [0.2, 0.25) is 0 Å². The molecule has 2 aromatic rings. The first-order chi connectivity index (χ1) is 12.7. The third kappa shape index (κ3) is 4.38. The van der Waals surface area contributed by atoms with Crippen LogP contribution in [0.1, 0.15) is 60.1 Å². The zero-order valence-corrected chi connectivity index (χ0v) is 15.9. The van der Waals surface area contributed by atoms with E-state index < -0.39 is 17.9 Å². The molecule has 2 heterocycles. The number of carbonyl (C=O) groups excluding carboxylic acids is 1. The monoisotopic (exact) mass is 379 g/mol. The van der Waals surface area contributed by atoms with Crippen molar-refractivity contribution in [3.63, 3.8) is 0 Å². The van der Waals surface area contributed by atoms with Crippen LogP contribution in [-0.4, -0.2) is 40.5 Å². The molecule has 3 rings (SSSR count). The van der Waals surface area contributed by atoms with E-state index >= 15 is 0 Å². The first kappa shape index (κ1) is 20.0. The fourth-order valence-electron chi connectivity index (χ4n) is 4.14. The number of rotatable bonds is 7. The van der Waals surface area contributed by atoms with Crippen molar-refractivity contribution in [2.45, 2.75) is 63.4 Å². The molecule has 1 unspecified atom stereocenters. The number of aryl methyl sites for hydroxylation is 1. The van der Waals surface area contributed by atoms with Gasteiger partial charge in [-0.1, -0.05) is 6.07 Å². The van der Waals surface area contributed by atoms with E-state index in [1.54, 1.807) is 7.11 Å². The molecule has 0 saturated heterocycles. The Labute approximate surface area is 158 Å². The lowest BCUT2D eigenvalue weighted by atomic mass is 9.79. The van der Waals surface area contributed by atoms with Crippen LogP contribution >= 0.6 is 0 Å². The predicted molar refractivity (Wildman–Crippen MR) is 99.6 cm³/mol. The number of carbonyl (C=O) groups is 1. The highest BCUT2D eigenvalue weighted by Crippen LogP contribution is 2.41. The molecule has 0 amide bonds. The molecule has 1 aliphatic rings. The molecule has 1 fully saturated rings. The third-order valence-electron chi connectivity index (χ3n) is 5.52. The van der Waals surface area contributed by atoms with E-state index in [4.69, 9.17) is 4.74 Å². The maximum Gasteiger partial charge on any atom is 0.250 e. The van der Waals surface area contributed by atoms with Crippen LogP contribution in [0.2, 0.25) is 0 Å². The van der Waals surface area contributed by atoms with E-state index in [1.165, 1.54) is 0 Å². The molecular formula is C21H27F2NO3. The summed E-state index contributed by atoms with van der Waals surface area (Å²) in [7, 11) is 1.63. The van der Waals surface area contributed by atoms with Crippen LogP contribution in [0.3, 0.4) is 0 Å². The van der Waals surface area contributed by atoms with Gasteiger partial charge >= 0.3 is 0 Å². The fourth-order valence-corrected chi connectivity index (χ4v) is 4.14. The summed E-state index contributed by atoms with van der Waals surface area (Å²) >= 11 is 0. The van der Waals surface area contributed by atoms with Gasteiger partial charge in [0.05, 0.1) is 17.7 Å². The van der Waals surface area contributed by atoms with E-state index in [0.717, 1.165) is 16.8 Å². The molecule has 0 aromatic carbocycles. The first-order valence-corrected chi connectivity index (χ1v) is 9.47. The van der Waals surface area contributed by atoms with Crippen LogP contribution in [0.15, 0.2) is 24.4 Å². The van der Waals surface area contributed by atoms with Crippen molar-refractivity contribution in [3.8, 4) is 0 Å². The lowest BCUT2D eigenvalue weighted by Gasteiger charge is -2.36. The second-order valence-electron chi connectivity index (χ2n) is 7.74. The van der Waals surface area contributed by atoms with E-state index in [1.807, 2.05) is 35.7 Å². The number of hydrogen-bond donors (Lipinski definition) is 1. The molecule has 0 spiro atoms. The van der Waals surface area contributed by atoms with Crippen LogP contribution in [0, 0.1) is 6.92 Å². The van der Waals surface area contributed by atoms with Gasteiger partial charge in [0.25, 0.3) is 5.92 Å². The summed E-state index contributed by atoms with van der Waals surface area (Å²) in [6.07, 6.45) is 2.58. The second kappa shape index (κ2) is 7.68. The van der Waals surface area contributed by atoms with Gasteiger partial charge in [0, 0.05) is 50.2 Å². The zero-order chi connectivity index (χ0) is 19.7. The molecule has 27 heavy (non-hydrogen) atoms. The van der Waals surface area contributed by atoms with Gasteiger partial charge in [-0.25, -0.2) is 8.78 Å². The Morgan fingerprint density at radius 2 is 2.15 bits per heavy atom. The Morgan fingerprint density at radius 1 is 1.37 bits per heavy atom. The van der Waals surface area contributed by atoms with Gasteiger partial charge in [-0.15, -0.1) is 0 Å². The number of halogens is 2. The minimum atomic E-state index is -2.84. The summed E-state index contributed by atoms with van der Waals surface area (Å²) in [6.45, 7) is 2.49. The van der Waals surface area contributed by atoms with Gasteiger partial charge in [-0.05, 0) is 43.9 Å². The third-order valence-corrected chi connectivity index (χ3v) is 5.52. The fraction of sp³-hybridized carbons (Fsp3) is 0.571. The van der Waals surface area contributed by atoms with Crippen molar-refractivity contribution in [3.05, 3.63) is 41.2 Å². The highest BCUT2D eigenvalue weighted by atomic mass is 19.3. The number of aliphatic hydroxyl groups is 1. The number of aromatic nitrogens is 1. The Morgan fingerprint density at radius 3 is 2.85 bits per heavy atom. The maximum atomic E-state index is 13.7. The summed E-state index contributed by atoms with van der Waals surface area (Å²) in [5.74, 6) is -2.96. The summed E-state index contributed by atoms with van der Waals surface area (Å²) < 4.78 is 34.5. The minimum Gasteiger partial charge on any atom is -0.390 e. The Hall–Kier alpha value is -1.79. The average Bonchev–Trinajstić information content (AvgIpc) is 2.97. The van der Waals surface area contributed by atoms with Crippen molar-refractivity contribution in [2.75, 3.05) is 13.7 Å². The molecule has 0 radical (unpaired) electrons. The molecule has 1 atom stereocenters. The van der Waals surface area contributed by atoms with E-state index in [0.29, 0.717) is 25.0 Å². The van der Waals surface area contributed by atoms with Crippen LogP contribution in [0.25, 0.3) is 5.52 Å². The van der Waals surface area contributed by atoms with E-state index in [-0.39, 0.29) is 31.5 Å². The minimum absolute atomic E-state index is 0.0598. The lowest BCUT2D eigenvalue weighted by Crippen LogP contribution is -2.41. The molecule has 0 aliphatic heterocycles. The van der Waals surface area contributed by atoms with Gasteiger partial charge < -0.3 is 14.2 Å². The van der Waals surface area contributed by atoms with Crippen molar-refractivity contribution < 1.29 is 23.4 Å². The lowest BCUT2D eigenvalue weighted by molar-refractivity contribution is -0.126. The molecule has 2 aromatic heterocycles. The van der Waals surface area contributed by atoms with Crippen molar-refractivity contribution in [1.82, 2.24) is 4.40 Å². The molecule has 4 nitrogen and oxygen atoms in total. The van der Waals surface area contributed by atoms with Gasteiger partial charge in [0.15, 0.2) is 5.78 Å². The highest BCUT2D eigenvalue weighted by Gasteiger charge is 2.44. The number of Topliss-reactive ketones (excluding diaryl/α,β-unsaturated/α-hetero) is 1. The Balaban J connectivity index is 1.81. The number of alkyl halides is 2.